The molecule has 1 aromatic rings. The SMILES string of the molecule is CCCC(C)/C=C/CCCCC(=O)NCc1ccc(O)c(OC)c1. The zero-order valence-electron chi connectivity index (χ0n) is 15.2. The molecule has 1 atom stereocenters. The van der Waals surface area contributed by atoms with Gasteiger partial charge in [-0.1, -0.05) is 38.5 Å². The van der Waals surface area contributed by atoms with Gasteiger partial charge < -0.3 is 15.2 Å². The molecule has 4 nitrogen and oxygen atoms in total. The van der Waals surface area contributed by atoms with Crippen molar-refractivity contribution in [2.75, 3.05) is 7.11 Å². The zero-order valence-corrected chi connectivity index (χ0v) is 15.2. The molecule has 0 saturated carbocycles. The highest BCUT2D eigenvalue weighted by Gasteiger charge is 2.05. The summed E-state index contributed by atoms with van der Waals surface area (Å²) in [6.07, 6.45) is 10.5. The van der Waals surface area contributed by atoms with Crippen molar-refractivity contribution in [1.29, 1.82) is 0 Å². The van der Waals surface area contributed by atoms with Crippen LogP contribution in [0.4, 0.5) is 0 Å². The Hall–Kier alpha value is -1.97. The van der Waals surface area contributed by atoms with Crippen LogP contribution in [0.15, 0.2) is 30.4 Å². The van der Waals surface area contributed by atoms with Crippen molar-refractivity contribution in [3.63, 3.8) is 0 Å². The molecule has 0 spiro atoms. The van der Waals surface area contributed by atoms with Crippen molar-refractivity contribution in [2.45, 2.75) is 58.9 Å². The van der Waals surface area contributed by atoms with Gasteiger partial charge in [-0.15, -0.1) is 0 Å². The molecular formula is C20H31NO3. The maximum atomic E-state index is 11.9. The number of allylic oxidation sites excluding steroid dienone is 2. The fraction of sp³-hybridized carbons (Fsp3) is 0.550. The van der Waals surface area contributed by atoms with Crippen LogP contribution in [-0.4, -0.2) is 18.1 Å². The Bertz CT molecular complexity index is 526. The maximum absolute atomic E-state index is 11.9. The molecule has 0 aliphatic carbocycles. The van der Waals surface area contributed by atoms with E-state index in [9.17, 15) is 9.90 Å². The number of rotatable bonds is 11. The highest BCUT2D eigenvalue weighted by molar-refractivity contribution is 5.75. The van der Waals surface area contributed by atoms with Crippen LogP contribution in [0.5, 0.6) is 11.5 Å². The standard InChI is InChI=1S/C20H31NO3/c1-4-9-16(2)10-7-5-6-8-11-20(23)21-15-17-12-13-18(22)19(14-17)24-3/h7,10,12-14,16,22H,4-6,8-9,11,15H2,1-3H3,(H,21,23)/b10-7+. The van der Waals surface area contributed by atoms with Gasteiger partial charge in [0.05, 0.1) is 7.11 Å². The Labute approximate surface area is 145 Å². The molecule has 4 heteroatoms. The number of methoxy groups -OCH3 is 1. The number of hydrogen-bond acceptors (Lipinski definition) is 3. The minimum absolute atomic E-state index is 0.0605. The Balaban J connectivity index is 2.18. The summed E-state index contributed by atoms with van der Waals surface area (Å²) in [7, 11) is 1.51. The normalized spacial score (nSPS) is 12.3. The number of carbonyl (C=O) groups is 1. The van der Waals surface area contributed by atoms with Gasteiger partial charge in [-0.05, 0) is 49.3 Å². The second-order valence-corrected chi connectivity index (χ2v) is 6.22. The smallest absolute Gasteiger partial charge is 0.220 e. The third-order valence-corrected chi connectivity index (χ3v) is 3.97. The summed E-state index contributed by atoms with van der Waals surface area (Å²) in [6.45, 7) is 4.90. The van der Waals surface area contributed by atoms with Crippen molar-refractivity contribution in [3.05, 3.63) is 35.9 Å². The second-order valence-electron chi connectivity index (χ2n) is 6.22. The van der Waals surface area contributed by atoms with Crippen molar-refractivity contribution in [3.8, 4) is 11.5 Å². The number of hydrogen-bond donors (Lipinski definition) is 2. The van der Waals surface area contributed by atoms with Crippen molar-refractivity contribution < 1.29 is 14.6 Å². The summed E-state index contributed by atoms with van der Waals surface area (Å²) in [5, 5.41) is 12.4. The average molecular weight is 333 g/mol. The van der Waals surface area contributed by atoms with Crippen molar-refractivity contribution >= 4 is 5.91 Å². The third-order valence-electron chi connectivity index (χ3n) is 3.97. The summed E-state index contributed by atoms with van der Waals surface area (Å²) >= 11 is 0. The topological polar surface area (TPSA) is 58.6 Å². The number of aromatic hydroxyl groups is 1. The Morgan fingerprint density at radius 1 is 1.38 bits per heavy atom. The van der Waals surface area contributed by atoms with E-state index in [1.165, 1.54) is 20.0 Å². The predicted molar refractivity (Wildman–Crippen MR) is 98.2 cm³/mol. The molecule has 1 rings (SSSR count). The molecule has 0 heterocycles. The monoisotopic (exact) mass is 333 g/mol. The lowest BCUT2D eigenvalue weighted by molar-refractivity contribution is -0.121. The third kappa shape index (κ3) is 8.04. The molecule has 0 fully saturated rings. The first-order valence-corrected chi connectivity index (χ1v) is 8.86. The zero-order chi connectivity index (χ0) is 17.8. The predicted octanol–water partition coefficient (Wildman–Crippen LogP) is 4.57. The van der Waals surface area contributed by atoms with E-state index in [0.717, 1.165) is 24.8 Å². The molecule has 1 amide bonds. The molecule has 0 aliphatic heterocycles. The Morgan fingerprint density at radius 3 is 2.88 bits per heavy atom. The van der Waals surface area contributed by atoms with Crippen LogP contribution in [0.1, 0.15) is 57.9 Å². The molecule has 134 valence electrons. The summed E-state index contributed by atoms with van der Waals surface area (Å²) in [5.74, 6) is 1.24. The van der Waals surface area contributed by atoms with E-state index in [-0.39, 0.29) is 11.7 Å². The maximum Gasteiger partial charge on any atom is 0.220 e. The van der Waals surface area contributed by atoms with Crippen LogP contribution >= 0.6 is 0 Å². The molecule has 0 radical (unpaired) electrons. The van der Waals surface area contributed by atoms with Gasteiger partial charge in [-0.25, -0.2) is 0 Å². The van der Waals surface area contributed by atoms with E-state index >= 15 is 0 Å². The summed E-state index contributed by atoms with van der Waals surface area (Å²) < 4.78 is 5.06. The first kappa shape index (κ1) is 20.1. The molecule has 1 unspecified atom stereocenters. The lowest BCUT2D eigenvalue weighted by Gasteiger charge is -2.08. The molecule has 0 saturated heterocycles. The van der Waals surface area contributed by atoms with Gasteiger partial charge >= 0.3 is 0 Å². The number of unbranched alkanes of at least 4 members (excludes halogenated alkanes) is 2. The molecule has 1 aromatic carbocycles. The summed E-state index contributed by atoms with van der Waals surface area (Å²) in [6, 6.07) is 5.09. The van der Waals surface area contributed by atoms with Crippen LogP contribution in [0, 0.1) is 5.92 Å². The van der Waals surface area contributed by atoms with Gasteiger partial charge in [-0.3, -0.25) is 4.79 Å². The quantitative estimate of drug-likeness (QED) is 0.461. The van der Waals surface area contributed by atoms with Gasteiger partial charge in [0, 0.05) is 13.0 Å². The fourth-order valence-corrected chi connectivity index (χ4v) is 2.55. The number of amides is 1. The van der Waals surface area contributed by atoms with Crippen LogP contribution in [0.3, 0.4) is 0 Å². The minimum atomic E-state index is 0.0605. The van der Waals surface area contributed by atoms with E-state index in [1.54, 1.807) is 18.2 Å². The number of phenols is 1. The second kappa shape index (κ2) is 11.5. The van der Waals surface area contributed by atoms with E-state index in [2.05, 4.69) is 31.3 Å². The number of carbonyl (C=O) groups excluding carboxylic acids is 1. The molecular weight excluding hydrogens is 302 g/mol. The van der Waals surface area contributed by atoms with Crippen LogP contribution < -0.4 is 10.1 Å². The Morgan fingerprint density at radius 2 is 2.17 bits per heavy atom. The highest BCUT2D eigenvalue weighted by Crippen LogP contribution is 2.26. The number of benzene rings is 1. The summed E-state index contributed by atoms with van der Waals surface area (Å²) in [4.78, 5) is 11.9. The van der Waals surface area contributed by atoms with E-state index in [1.807, 2.05) is 0 Å². The van der Waals surface area contributed by atoms with Crippen LogP contribution in [0.25, 0.3) is 0 Å². The molecule has 2 N–H and O–H groups in total. The van der Waals surface area contributed by atoms with Crippen LogP contribution in [-0.2, 0) is 11.3 Å². The molecule has 0 aromatic heterocycles. The van der Waals surface area contributed by atoms with Gasteiger partial charge in [0.15, 0.2) is 11.5 Å². The number of nitrogens with one attached hydrogen (secondary N) is 1. The largest absolute Gasteiger partial charge is 0.504 e. The average Bonchev–Trinajstić information content (AvgIpc) is 2.57. The van der Waals surface area contributed by atoms with E-state index in [0.29, 0.717) is 24.6 Å². The number of phenolic OH excluding ortho intramolecular Hbond substituents is 1. The minimum Gasteiger partial charge on any atom is -0.504 e. The first-order chi connectivity index (χ1) is 11.6. The van der Waals surface area contributed by atoms with Gasteiger partial charge in [0.1, 0.15) is 0 Å². The van der Waals surface area contributed by atoms with Crippen molar-refractivity contribution in [2.24, 2.45) is 5.92 Å². The Kier molecular flexibility index (Phi) is 9.66. The molecule has 0 bridgehead atoms. The highest BCUT2D eigenvalue weighted by atomic mass is 16.5. The van der Waals surface area contributed by atoms with Gasteiger partial charge in [0.25, 0.3) is 0 Å². The van der Waals surface area contributed by atoms with E-state index in [4.69, 9.17) is 4.74 Å². The number of ether oxygens (including phenoxy) is 1. The lowest BCUT2D eigenvalue weighted by atomic mass is 10.0. The first-order valence-electron chi connectivity index (χ1n) is 8.86. The fourth-order valence-electron chi connectivity index (χ4n) is 2.55. The van der Waals surface area contributed by atoms with Gasteiger partial charge in [0.2, 0.25) is 5.91 Å². The molecule has 24 heavy (non-hydrogen) atoms. The lowest BCUT2D eigenvalue weighted by Crippen LogP contribution is -2.22. The summed E-state index contributed by atoms with van der Waals surface area (Å²) in [5.41, 5.74) is 0.908. The van der Waals surface area contributed by atoms with E-state index < -0.39 is 0 Å². The van der Waals surface area contributed by atoms with Crippen LogP contribution in [0.2, 0.25) is 0 Å². The molecule has 0 aliphatic rings. The van der Waals surface area contributed by atoms with Gasteiger partial charge in [-0.2, -0.15) is 0 Å². The van der Waals surface area contributed by atoms with Crippen molar-refractivity contribution in [1.82, 2.24) is 5.32 Å².